The third-order valence-corrected chi connectivity index (χ3v) is 7.03. The van der Waals surface area contributed by atoms with Crippen LogP contribution in [0, 0.1) is 23.7 Å². The molecule has 0 aromatic heterocycles. The van der Waals surface area contributed by atoms with E-state index in [1.165, 1.54) is 57.9 Å². The molecule has 130 valence electrons. The molecule has 7 atom stereocenters. The van der Waals surface area contributed by atoms with Crippen LogP contribution in [-0.4, -0.2) is 23.5 Å². The van der Waals surface area contributed by atoms with Gasteiger partial charge in [-0.3, -0.25) is 4.90 Å². The van der Waals surface area contributed by atoms with Gasteiger partial charge < -0.3 is 0 Å². The van der Waals surface area contributed by atoms with Crippen molar-refractivity contribution in [3.8, 4) is 0 Å². The lowest BCUT2D eigenvalue weighted by atomic mass is 9.74. The molecule has 2 fully saturated rings. The number of hydrogen-bond acceptors (Lipinski definition) is 1. The SMILES string of the molecule is C=C(CC1C(C)C2CN2C1C1CC=CCCC1)C(CC)CCC. The van der Waals surface area contributed by atoms with Crippen molar-refractivity contribution in [1.29, 1.82) is 0 Å². The van der Waals surface area contributed by atoms with E-state index in [2.05, 4.69) is 44.4 Å². The molecule has 1 heteroatoms. The van der Waals surface area contributed by atoms with Crippen LogP contribution in [0.1, 0.15) is 72.1 Å². The molecule has 2 aliphatic heterocycles. The molecule has 0 spiro atoms. The van der Waals surface area contributed by atoms with Gasteiger partial charge in [-0.2, -0.15) is 0 Å². The summed E-state index contributed by atoms with van der Waals surface area (Å²) in [5.41, 5.74) is 1.56. The number of fused-ring (bicyclic) bond motifs is 1. The first-order valence-electron chi connectivity index (χ1n) is 10.3. The summed E-state index contributed by atoms with van der Waals surface area (Å²) in [5.74, 6) is 3.40. The molecular formula is C22H37N. The highest BCUT2D eigenvalue weighted by Crippen LogP contribution is 2.51. The number of piperidine rings is 1. The molecule has 2 saturated heterocycles. The molecular weight excluding hydrogens is 278 g/mol. The maximum Gasteiger partial charge on any atom is 0.0256 e. The van der Waals surface area contributed by atoms with Crippen LogP contribution in [0.4, 0.5) is 0 Å². The second kappa shape index (κ2) is 7.55. The molecule has 2 heterocycles. The van der Waals surface area contributed by atoms with E-state index in [-0.39, 0.29) is 0 Å². The van der Waals surface area contributed by atoms with Crippen molar-refractivity contribution in [2.45, 2.75) is 84.2 Å². The predicted molar refractivity (Wildman–Crippen MR) is 100 cm³/mol. The van der Waals surface area contributed by atoms with Gasteiger partial charge in [0.15, 0.2) is 0 Å². The number of allylic oxidation sites excluding steroid dienone is 3. The Bertz CT molecular complexity index is 437. The Morgan fingerprint density at radius 1 is 1.30 bits per heavy atom. The highest BCUT2D eigenvalue weighted by atomic mass is 15.4. The topological polar surface area (TPSA) is 3.01 Å². The summed E-state index contributed by atoms with van der Waals surface area (Å²) in [6, 6.07) is 1.74. The van der Waals surface area contributed by atoms with Crippen LogP contribution in [0.2, 0.25) is 0 Å². The largest absolute Gasteiger partial charge is 0.294 e. The van der Waals surface area contributed by atoms with E-state index in [1.807, 2.05) is 0 Å². The van der Waals surface area contributed by atoms with Gasteiger partial charge in [0.2, 0.25) is 0 Å². The first-order valence-corrected chi connectivity index (χ1v) is 10.3. The first-order chi connectivity index (χ1) is 11.2. The molecule has 0 N–H and O–H groups in total. The molecule has 0 saturated carbocycles. The second-order valence-electron chi connectivity index (χ2n) is 8.43. The Morgan fingerprint density at radius 2 is 2.13 bits per heavy atom. The maximum atomic E-state index is 4.55. The smallest absolute Gasteiger partial charge is 0.0256 e. The molecule has 1 nitrogen and oxygen atoms in total. The van der Waals surface area contributed by atoms with Gasteiger partial charge in [-0.25, -0.2) is 0 Å². The van der Waals surface area contributed by atoms with Gasteiger partial charge in [-0.15, -0.1) is 0 Å². The van der Waals surface area contributed by atoms with Crippen molar-refractivity contribution in [2.24, 2.45) is 23.7 Å². The molecule has 0 radical (unpaired) electrons. The zero-order valence-corrected chi connectivity index (χ0v) is 15.6. The monoisotopic (exact) mass is 315 g/mol. The van der Waals surface area contributed by atoms with Gasteiger partial charge in [-0.05, 0) is 68.6 Å². The summed E-state index contributed by atoms with van der Waals surface area (Å²) in [6.07, 6.45) is 15.5. The third-order valence-electron chi connectivity index (χ3n) is 7.03. The molecule has 0 amide bonds. The van der Waals surface area contributed by atoms with E-state index >= 15 is 0 Å². The molecule has 3 rings (SSSR count). The minimum Gasteiger partial charge on any atom is -0.294 e. The third kappa shape index (κ3) is 3.60. The average Bonchev–Trinajstić information content (AvgIpc) is 3.32. The van der Waals surface area contributed by atoms with Crippen molar-refractivity contribution < 1.29 is 0 Å². The highest BCUT2D eigenvalue weighted by Gasteiger charge is 2.57. The van der Waals surface area contributed by atoms with Gasteiger partial charge in [0.05, 0.1) is 0 Å². The fraction of sp³-hybridized carbons (Fsp3) is 0.818. The van der Waals surface area contributed by atoms with Gasteiger partial charge >= 0.3 is 0 Å². The maximum absolute atomic E-state index is 4.55. The normalized spacial score (nSPS) is 40.5. The average molecular weight is 316 g/mol. The Morgan fingerprint density at radius 3 is 2.87 bits per heavy atom. The van der Waals surface area contributed by atoms with Crippen molar-refractivity contribution in [1.82, 2.24) is 4.90 Å². The van der Waals surface area contributed by atoms with Crippen LogP contribution < -0.4 is 0 Å². The Hall–Kier alpha value is -0.560. The summed E-state index contributed by atoms with van der Waals surface area (Å²) < 4.78 is 0. The molecule has 23 heavy (non-hydrogen) atoms. The summed E-state index contributed by atoms with van der Waals surface area (Å²) in [5, 5.41) is 0. The van der Waals surface area contributed by atoms with Crippen LogP contribution in [-0.2, 0) is 0 Å². The van der Waals surface area contributed by atoms with Crippen LogP contribution >= 0.6 is 0 Å². The highest BCUT2D eigenvalue weighted by molar-refractivity contribution is 5.15. The summed E-state index contributed by atoms with van der Waals surface area (Å²) >= 11 is 0. The predicted octanol–water partition coefficient (Wildman–Crippen LogP) is 5.82. The van der Waals surface area contributed by atoms with Crippen molar-refractivity contribution in [2.75, 3.05) is 6.54 Å². The Labute approximate surface area is 144 Å². The van der Waals surface area contributed by atoms with E-state index in [0.717, 1.165) is 35.8 Å². The van der Waals surface area contributed by atoms with E-state index in [4.69, 9.17) is 0 Å². The standard InChI is InChI=1S/C22H37N/c1-5-11-18(6-2)16(3)14-20-17(4)21-15-23(21)22(20)19-12-9-7-8-10-13-19/h7,9,17-22H,3,5-6,8,10-15H2,1-2,4H3. The zero-order chi connectivity index (χ0) is 16.4. The van der Waals surface area contributed by atoms with Crippen molar-refractivity contribution >= 4 is 0 Å². The minimum absolute atomic E-state index is 0.758. The van der Waals surface area contributed by atoms with E-state index in [9.17, 15) is 0 Å². The van der Waals surface area contributed by atoms with Crippen LogP contribution in [0.25, 0.3) is 0 Å². The zero-order valence-electron chi connectivity index (χ0n) is 15.6. The number of nitrogens with zero attached hydrogens (tertiary/aromatic N) is 1. The Balaban J connectivity index is 1.68. The quantitative estimate of drug-likeness (QED) is 0.422. The van der Waals surface area contributed by atoms with Crippen LogP contribution in [0.5, 0.6) is 0 Å². The molecule has 0 aromatic carbocycles. The van der Waals surface area contributed by atoms with Gasteiger partial charge in [0, 0.05) is 18.6 Å². The molecule has 3 aliphatic rings. The summed E-state index contributed by atoms with van der Waals surface area (Å²) in [7, 11) is 0. The fourth-order valence-corrected chi connectivity index (χ4v) is 5.58. The van der Waals surface area contributed by atoms with Gasteiger partial charge in [0.25, 0.3) is 0 Å². The van der Waals surface area contributed by atoms with Crippen LogP contribution in [0.15, 0.2) is 24.3 Å². The molecule has 0 aromatic rings. The second-order valence-corrected chi connectivity index (χ2v) is 8.43. The Kier molecular flexibility index (Phi) is 5.67. The number of rotatable bonds is 7. The molecule has 7 unspecified atom stereocenters. The van der Waals surface area contributed by atoms with Gasteiger partial charge in [0.1, 0.15) is 0 Å². The summed E-state index contributed by atoms with van der Waals surface area (Å²) in [4.78, 5) is 2.84. The van der Waals surface area contributed by atoms with Crippen molar-refractivity contribution in [3.63, 3.8) is 0 Å². The van der Waals surface area contributed by atoms with Gasteiger partial charge in [-0.1, -0.05) is 51.5 Å². The molecule has 1 aliphatic carbocycles. The van der Waals surface area contributed by atoms with Crippen molar-refractivity contribution in [3.05, 3.63) is 24.3 Å². The number of hydrogen-bond donors (Lipinski definition) is 0. The molecule has 0 bridgehead atoms. The minimum atomic E-state index is 0.758. The lowest BCUT2D eigenvalue weighted by Gasteiger charge is -2.34. The van der Waals surface area contributed by atoms with Crippen LogP contribution in [0.3, 0.4) is 0 Å². The fourth-order valence-electron chi connectivity index (χ4n) is 5.58. The van der Waals surface area contributed by atoms with E-state index in [0.29, 0.717) is 0 Å². The van der Waals surface area contributed by atoms with E-state index < -0.39 is 0 Å². The van der Waals surface area contributed by atoms with E-state index in [1.54, 1.807) is 5.57 Å². The lowest BCUT2D eigenvalue weighted by molar-refractivity contribution is 0.200. The first kappa shape index (κ1) is 17.3. The summed E-state index contributed by atoms with van der Waals surface area (Å²) in [6.45, 7) is 13.1. The lowest BCUT2D eigenvalue weighted by Crippen LogP contribution is -2.35.